The van der Waals surface area contributed by atoms with Crippen LogP contribution in [0.5, 0.6) is 0 Å². The lowest BCUT2D eigenvalue weighted by Crippen LogP contribution is -2.70. The van der Waals surface area contributed by atoms with Crippen molar-refractivity contribution in [3.8, 4) is 0 Å². The van der Waals surface area contributed by atoms with Gasteiger partial charge in [0.25, 0.3) is 5.91 Å². The number of rotatable bonds is 7. The maximum absolute atomic E-state index is 12.7. The zero-order valence-corrected chi connectivity index (χ0v) is 19.6. The molecule has 0 aliphatic carbocycles. The van der Waals surface area contributed by atoms with Crippen LogP contribution in [0, 0.1) is 6.92 Å². The van der Waals surface area contributed by atoms with Crippen LogP contribution >= 0.6 is 39.5 Å². The van der Waals surface area contributed by atoms with E-state index in [-0.39, 0.29) is 18.1 Å². The van der Waals surface area contributed by atoms with E-state index in [0.717, 1.165) is 10.2 Å². The van der Waals surface area contributed by atoms with Gasteiger partial charge in [0.1, 0.15) is 23.7 Å². The molecule has 2 aliphatic heterocycles. The third-order valence-electron chi connectivity index (χ3n) is 4.72. The summed E-state index contributed by atoms with van der Waals surface area (Å²) in [5, 5.41) is 27.9. The van der Waals surface area contributed by atoms with Gasteiger partial charge in [0, 0.05) is 24.8 Å². The summed E-state index contributed by atoms with van der Waals surface area (Å²) in [5.74, 6) is -1.23. The molecular formula is C16H17BrN8O4S2. The van der Waals surface area contributed by atoms with Crippen molar-refractivity contribution in [1.82, 2.24) is 40.2 Å². The summed E-state index contributed by atoms with van der Waals surface area (Å²) < 4.78 is 3.75. The number of nitrogens with zero attached hydrogens (tertiary/aromatic N) is 7. The first kappa shape index (κ1) is 21.8. The van der Waals surface area contributed by atoms with Gasteiger partial charge < -0.3 is 10.4 Å². The van der Waals surface area contributed by atoms with E-state index < -0.39 is 23.3 Å². The first-order valence-electron chi connectivity index (χ1n) is 9.00. The number of carbonyl (C=O) groups is 3. The van der Waals surface area contributed by atoms with Crippen LogP contribution in [0.1, 0.15) is 5.69 Å². The van der Waals surface area contributed by atoms with E-state index in [1.807, 2.05) is 0 Å². The molecule has 4 rings (SSSR count). The zero-order chi connectivity index (χ0) is 22.3. The Morgan fingerprint density at radius 2 is 2.23 bits per heavy atom. The second-order valence-electron chi connectivity index (χ2n) is 6.85. The smallest absolute Gasteiger partial charge is 0.352 e. The zero-order valence-electron chi connectivity index (χ0n) is 16.4. The van der Waals surface area contributed by atoms with Gasteiger partial charge in [0.2, 0.25) is 11.1 Å². The molecule has 4 heterocycles. The molecule has 0 bridgehead atoms. The number of carboxylic acids is 1. The van der Waals surface area contributed by atoms with Gasteiger partial charge in [-0.15, -0.1) is 16.9 Å². The van der Waals surface area contributed by atoms with Gasteiger partial charge in [-0.05, 0) is 38.9 Å². The molecule has 2 aromatic heterocycles. The van der Waals surface area contributed by atoms with E-state index in [2.05, 4.69) is 41.9 Å². The summed E-state index contributed by atoms with van der Waals surface area (Å²) in [4.78, 5) is 38.3. The van der Waals surface area contributed by atoms with Crippen LogP contribution in [0.4, 0.5) is 0 Å². The highest BCUT2D eigenvalue weighted by Crippen LogP contribution is 2.41. The molecule has 15 heteroatoms. The van der Waals surface area contributed by atoms with Gasteiger partial charge >= 0.3 is 5.97 Å². The molecule has 1 fully saturated rings. The van der Waals surface area contributed by atoms with Gasteiger partial charge in [-0.2, -0.15) is 5.10 Å². The topological polar surface area (TPSA) is 148 Å². The second-order valence-corrected chi connectivity index (χ2v) is 9.75. The molecular weight excluding hydrogens is 512 g/mol. The monoisotopic (exact) mass is 528 g/mol. The van der Waals surface area contributed by atoms with Crippen LogP contribution in [-0.4, -0.2) is 80.7 Å². The number of carboxylic acid groups (broad SMARTS) is 1. The molecule has 0 unspecified atom stereocenters. The van der Waals surface area contributed by atoms with E-state index in [0.29, 0.717) is 22.2 Å². The molecule has 12 nitrogen and oxygen atoms in total. The van der Waals surface area contributed by atoms with Crippen LogP contribution in [0.2, 0.25) is 0 Å². The Morgan fingerprint density at radius 1 is 1.45 bits per heavy atom. The van der Waals surface area contributed by atoms with E-state index in [4.69, 9.17) is 0 Å². The SMILES string of the molecule is Cc1nn(CC(=O)N[C@H]2C(=O)N3C(C(=O)O)=C(CSc4nnnn4C)CS[C@@H]23)cc1Br. The highest BCUT2D eigenvalue weighted by Gasteiger charge is 2.54. The molecule has 2 aliphatic rings. The molecule has 0 spiro atoms. The molecule has 0 saturated carbocycles. The van der Waals surface area contributed by atoms with E-state index >= 15 is 0 Å². The Kier molecular flexibility index (Phi) is 6.07. The maximum Gasteiger partial charge on any atom is 0.352 e. The van der Waals surface area contributed by atoms with Crippen LogP contribution in [0.3, 0.4) is 0 Å². The lowest BCUT2D eigenvalue weighted by atomic mass is 10.0. The molecule has 164 valence electrons. The van der Waals surface area contributed by atoms with Gasteiger partial charge in [0.15, 0.2) is 0 Å². The number of carbonyl (C=O) groups excluding carboxylic acids is 2. The van der Waals surface area contributed by atoms with Crippen molar-refractivity contribution < 1.29 is 19.5 Å². The predicted molar refractivity (Wildman–Crippen MR) is 114 cm³/mol. The number of amides is 2. The number of halogens is 1. The number of β-lactam (4-membered cyclic amide) rings is 1. The lowest BCUT2D eigenvalue weighted by molar-refractivity contribution is -0.150. The number of hydrogen-bond acceptors (Lipinski definition) is 9. The maximum atomic E-state index is 12.7. The summed E-state index contributed by atoms with van der Waals surface area (Å²) in [7, 11) is 1.69. The number of aromatic nitrogens is 6. The third-order valence-corrected chi connectivity index (χ3v) is 7.93. The fourth-order valence-electron chi connectivity index (χ4n) is 3.23. The van der Waals surface area contributed by atoms with Crippen LogP contribution < -0.4 is 5.32 Å². The second kappa shape index (κ2) is 8.63. The number of aliphatic carboxylic acids is 1. The number of fused-ring (bicyclic) bond motifs is 1. The van der Waals surface area contributed by atoms with Crippen molar-refractivity contribution in [2.24, 2.45) is 7.05 Å². The molecule has 2 amide bonds. The molecule has 0 radical (unpaired) electrons. The molecule has 2 aromatic rings. The van der Waals surface area contributed by atoms with Crippen LogP contribution in [0.15, 0.2) is 27.1 Å². The van der Waals surface area contributed by atoms with Gasteiger partial charge in [0.05, 0.1) is 10.2 Å². The first-order valence-corrected chi connectivity index (χ1v) is 11.8. The van der Waals surface area contributed by atoms with Crippen molar-refractivity contribution in [3.63, 3.8) is 0 Å². The third kappa shape index (κ3) is 4.21. The average molecular weight is 529 g/mol. The Morgan fingerprint density at radius 3 is 2.84 bits per heavy atom. The first-order chi connectivity index (χ1) is 14.8. The van der Waals surface area contributed by atoms with Crippen molar-refractivity contribution in [3.05, 3.63) is 27.6 Å². The van der Waals surface area contributed by atoms with Crippen molar-refractivity contribution >= 4 is 57.2 Å². The Balaban J connectivity index is 1.43. The minimum Gasteiger partial charge on any atom is -0.477 e. The fraction of sp³-hybridized carbons (Fsp3) is 0.438. The highest BCUT2D eigenvalue weighted by molar-refractivity contribution is 9.10. The highest BCUT2D eigenvalue weighted by atomic mass is 79.9. The van der Waals surface area contributed by atoms with Crippen molar-refractivity contribution in [1.29, 1.82) is 0 Å². The Labute approximate surface area is 192 Å². The largest absolute Gasteiger partial charge is 0.477 e. The minimum absolute atomic E-state index is 0.0338. The average Bonchev–Trinajstić information content (AvgIpc) is 3.27. The molecule has 31 heavy (non-hydrogen) atoms. The molecule has 2 N–H and O–H groups in total. The molecule has 1 saturated heterocycles. The Hall–Kier alpha value is -2.39. The normalized spacial score (nSPS) is 20.5. The number of aryl methyl sites for hydroxylation is 2. The summed E-state index contributed by atoms with van der Waals surface area (Å²) in [6.45, 7) is 1.77. The summed E-state index contributed by atoms with van der Waals surface area (Å²) >= 11 is 6.05. The fourth-order valence-corrected chi connectivity index (χ4v) is 5.88. The van der Waals surface area contributed by atoms with Crippen LogP contribution in [0.25, 0.3) is 0 Å². The number of hydrogen-bond donors (Lipinski definition) is 2. The number of tetrazole rings is 1. The van der Waals surface area contributed by atoms with E-state index in [9.17, 15) is 19.5 Å². The molecule has 2 atom stereocenters. The summed E-state index contributed by atoms with van der Waals surface area (Å²) in [6.07, 6.45) is 1.68. The summed E-state index contributed by atoms with van der Waals surface area (Å²) in [6, 6.07) is -0.774. The van der Waals surface area contributed by atoms with Gasteiger partial charge in [-0.25, -0.2) is 9.48 Å². The molecule has 0 aromatic carbocycles. The van der Waals surface area contributed by atoms with Gasteiger partial charge in [-0.3, -0.25) is 19.2 Å². The number of nitrogens with one attached hydrogen (secondary N) is 1. The number of thioether (sulfide) groups is 2. The van der Waals surface area contributed by atoms with E-state index in [1.165, 1.54) is 37.8 Å². The summed E-state index contributed by atoms with van der Waals surface area (Å²) in [5.41, 5.74) is 1.32. The van der Waals surface area contributed by atoms with E-state index in [1.54, 1.807) is 20.2 Å². The van der Waals surface area contributed by atoms with Crippen molar-refractivity contribution in [2.75, 3.05) is 11.5 Å². The minimum atomic E-state index is -1.17. The van der Waals surface area contributed by atoms with Crippen LogP contribution in [-0.2, 0) is 28.0 Å². The predicted octanol–water partition coefficient (Wildman–Crippen LogP) is 0.00842. The van der Waals surface area contributed by atoms with Crippen molar-refractivity contribution in [2.45, 2.75) is 30.0 Å². The standard InChI is InChI=1S/C16H17BrN8O4S2/c1-7-9(17)3-24(20-7)4-10(26)18-11-13(27)25-12(15(28)29)8(5-30-14(11)25)6-31-16-19-21-22-23(16)2/h3,11,14H,4-6H2,1-2H3,(H,18,26)(H,28,29)/t11-,14-/m0/s1. The quantitative estimate of drug-likeness (QED) is 0.371. The lowest BCUT2D eigenvalue weighted by Gasteiger charge is -2.49. The van der Waals surface area contributed by atoms with Gasteiger partial charge in [-0.1, -0.05) is 11.8 Å². The Bertz CT molecular complexity index is 1080.